The maximum atomic E-state index is 11.4. The lowest BCUT2D eigenvalue weighted by atomic mass is 10.1. The molecule has 0 N–H and O–H groups in total. The molecule has 4 nitrogen and oxygen atoms in total. The summed E-state index contributed by atoms with van der Waals surface area (Å²) in [5.41, 5.74) is 2.22. The van der Waals surface area contributed by atoms with E-state index in [9.17, 15) is 13.2 Å². The van der Waals surface area contributed by atoms with Gasteiger partial charge in [0.2, 0.25) is 0 Å². The van der Waals surface area contributed by atoms with Crippen LogP contribution in [0.2, 0.25) is 0 Å². The van der Waals surface area contributed by atoms with Gasteiger partial charge in [0.25, 0.3) is 16.1 Å². The number of hydrogen-bond acceptors (Lipinski definition) is 3. The minimum atomic E-state index is -3.83. The van der Waals surface area contributed by atoms with Gasteiger partial charge < -0.3 is 0 Å². The Morgan fingerprint density at radius 2 is 1.93 bits per heavy atom. The van der Waals surface area contributed by atoms with E-state index in [1.165, 1.54) is 11.6 Å². The normalized spacial score (nSPS) is 14.4. The summed E-state index contributed by atoms with van der Waals surface area (Å²) in [5, 5.41) is 0. The Bertz CT molecular complexity index is 542. The largest absolute Gasteiger partial charge is 0.292 e. The van der Waals surface area contributed by atoms with Crippen LogP contribution >= 0.6 is 0 Å². The van der Waals surface area contributed by atoms with Crippen LogP contribution in [0, 0.1) is 0 Å². The predicted octanol–water partition coefficient (Wildman–Crippen LogP) is 1.20. The van der Waals surface area contributed by atoms with Gasteiger partial charge in [-0.1, -0.05) is 10.5 Å². The Hall–Kier alpha value is -1.45. The molecule has 0 atom stereocenters. The van der Waals surface area contributed by atoms with E-state index < -0.39 is 10.0 Å². The average Bonchev–Trinajstić information content (AvgIpc) is 2.63. The van der Waals surface area contributed by atoms with Crippen LogP contribution in [0.5, 0.6) is 0 Å². The predicted molar refractivity (Wildman–Crippen MR) is 53.8 cm³/mol. The quantitative estimate of drug-likeness (QED) is 0.559. The number of benzene rings is 1. The molecule has 0 unspecified atom stereocenters. The number of fused-ring (bicyclic) bond motifs is 1. The molecule has 0 saturated heterocycles. The molecular formula is C10H9NO3S. The molecule has 0 aromatic heterocycles. The van der Waals surface area contributed by atoms with Crippen molar-refractivity contribution < 1.29 is 13.2 Å². The topological polar surface area (TPSA) is 63.6 Å². The third-order valence-electron chi connectivity index (χ3n) is 2.53. The van der Waals surface area contributed by atoms with Gasteiger partial charge in [0, 0.05) is 0 Å². The molecule has 78 valence electrons. The van der Waals surface area contributed by atoms with Crippen molar-refractivity contribution in [2.75, 3.05) is 0 Å². The van der Waals surface area contributed by atoms with E-state index in [1.54, 1.807) is 12.1 Å². The highest BCUT2D eigenvalue weighted by atomic mass is 32.2. The van der Waals surface area contributed by atoms with Crippen LogP contribution < -0.4 is 0 Å². The molecule has 0 fully saturated rings. The molecule has 0 heterocycles. The molecule has 2 rings (SSSR count). The number of hydrogen-bond donors (Lipinski definition) is 0. The number of carbonyl (C=O) groups excluding carboxylic acids is 1. The first-order chi connectivity index (χ1) is 7.13. The summed E-state index contributed by atoms with van der Waals surface area (Å²) in [7, 11) is -3.83. The van der Waals surface area contributed by atoms with Crippen molar-refractivity contribution in [3.05, 3.63) is 29.3 Å². The Balaban J connectivity index is 2.52. The third-order valence-corrected chi connectivity index (χ3v) is 3.69. The molecule has 1 aliphatic carbocycles. The van der Waals surface area contributed by atoms with Crippen LogP contribution in [0.1, 0.15) is 17.5 Å². The van der Waals surface area contributed by atoms with Crippen LogP contribution in [0.3, 0.4) is 0 Å². The van der Waals surface area contributed by atoms with Gasteiger partial charge in [-0.2, -0.15) is 8.42 Å². The summed E-state index contributed by atoms with van der Waals surface area (Å²) < 4.78 is 25.6. The van der Waals surface area contributed by atoms with Gasteiger partial charge >= 0.3 is 0 Å². The monoisotopic (exact) mass is 223 g/mol. The summed E-state index contributed by atoms with van der Waals surface area (Å²) in [6, 6.07) is 4.87. The highest BCUT2D eigenvalue weighted by molar-refractivity contribution is 7.90. The van der Waals surface area contributed by atoms with Crippen LogP contribution in [-0.2, 0) is 27.7 Å². The second-order valence-electron chi connectivity index (χ2n) is 3.44. The van der Waals surface area contributed by atoms with E-state index in [-0.39, 0.29) is 4.90 Å². The van der Waals surface area contributed by atoms with Crippen LogP contribution in [0.4, 0.5) is 0 Å². The van der Waals surface area contributed by atoms with E-state index in [0.717, 1.165) is 30.9 Å². The zero-order valence-corrected chi connectivity index (χ0v) is 8.75. The van der Waals surface area contributed by atoms with E-state index >= 15 is 0 Å². The van der Waals surface area contributed by atoms with Crippen LogP contribution in [0.25, 0.3) is 0 Å². The van der Waals surface area contributed by atoms with Gasteiger partial charge in [0.1, 0.15) is 0 Å². The first-order valence-electron chi connectivity index (χ1n) is 4.59. The van der Waals surface area contributed by atoms with E-state index in [1.807, 2.05) is 0 Å². The number of nitrogens with zero attached hydrogens (tertiary/aromatic N) is 1. The van der Waals surface area contributed by atoms with Gasteiger partial charge in [-0.25, -0.2) is 4.79 Å². The second-order valence-corrected chi connectivity index (χ2v) is 5.05. The van der Waals surface area contributed by atoms with Crippen molar-refractivity contribution >= 4 is 16.1 Å². The fourth-order valence-corrected chi connectivity index (χ4v) is 2.55. The molecular weight excluding hydrogens is 214 g/mol. The fourth-order valence-electron chi connectivity index (χ4n) is 1.81. The van der Waals surface area contributed by atoms with Crippen molar-refractivity contribution in [3.8, 4) is 0 Å². The minimum absolute atomic E-state index is 0.0755. The lowest BCUT2D eigenvalue weighted by Gasteiger charge is -2.01. The summed E-state index contributed by atoms with van der Waals surface area (Å²) in [6.45, 7) is 0. The van der Waals surface area contributed by atoms with E-state index in [2.05, 4.69) is 4.40 Å². The highest BCUT2D eigenvalue weighted by Crippen LogP contribution is 2.25. The number of rotatable bonds is 2. The first-order valence-corrected chi connectivity index (χ1v) is 6.03. The van der Waals surface area contributed by atoms with Gasteiger partial charge in [0.05, 0.1) is 4.90 Å². The van der Waals surface area contributed by atoms with Gasteiger partial charge in [-0.05, 0) is 42.5 Å². The second kappa shape index (κ2) is 3.61. The molecule has 0 amide bonds. The smallest absolute Gasteiger partial charge is 0.210 e. The molecule has 1 aromatic rings. The summed E-state index contributed by atoms with van der Waals surface area (Å²) in [6.07, 6.45) is 4.00. The molecule has 0 saturated carbocycles. The molecule has 15 heavy (non-hydrogen) atoms. The standard InChI is InChI=1S/C10H9NO3S/c12-7-11-15(13,14)10-5-4-8-2-1-3-9(8)6-10/h4-6H,1-3H2. The lowest BCUT2D eigenvalue weighted by molar-refractivity contribution is 0.563. The van der Waals surface area contributed by atoms with Gasteiger partial charge in [-0.15, -0.1) is 0 Å². The summed E-state index contributed by atoms with van der Waals surface area (Å²) >= 11 is 0. The fraction of sp³-hybridized carbons (Fsp3) is 0.300. The van der Waals surface area contributed by atoms with Gasteiger partial charge in [-0.3, -0.25) is 0 Å². The zero-order chi connectivity index (χ0) is 10.9. The van der Waals surface area contributed by atoms with Crippen LogP contribution in [0.15, 0.2) is 27.5 Å². The number of sulfonamides is 1. The molecule has 1 aromatic carbocycles. The van der Waals surface area contributed by atoms with Crippen LogP contribution in [-0.4, -0.2) is 14.5 Å². The van der Waals surface area contributed by atoms with Crippen molar-refractivity contribution in [1.29, 1.82) is 0 Å². The maximum absolute atomic E-state index is 11.4. The van der Waals surface area contributed by atoms with Crippen molar-refractivity contribution in [3.63, 3.8) is 0 Å². The average molecular weight is 223 g/mol. The zero-order valence-electron chi connectivity index (χ0n) is 7.93. The van der Waals surface area contributed by atoms with E-state index in [4.69, 9.17) is 0 Å². The number of aryl methyl sites for hydroxylation is 2. The summed E-state index contributed by atoms with van der Waals surface area (Å²) in [4.78, 5) is 10.0. The van der Waals surface area contributed by atoms with Crippen molar-refractivity contribution in [2.24, 2.45) is 4.40 Å². The molecule has 1 aliphatic rings. The SMILES string of the molecule is O=C=NS(=O)(=O)c1ccc2c(c1)CCC2. The molecule has 0 aliphatic heterocycles. The Morgan fingerprint density at radius 3 is 2.67 bits per heavy atom. The Morgan fingerprint density at radius 1 is 1.20 bits per heavy atom. The number of isocyanates is 1. The first kappa shape index (κ1) is 10.1. The molecule has 0 radical (unpaired) electrons. The minimum Gasteiger partial charge on any atom is -0.210 e. The van der Waals surface area contributed by atoms with Gasteiger partial charge in [0.15, 0.2) is 0 Å². The highest BCUT2D eigenvalue weighted by Gasteiger charge is 2.17. The summed E-state index contributed by atoms with van der Waals surface area (Å²) in [5.74, 6) is 0. The Labute approximate surface area is 87.7 Å². The molecule has 5 heteroatoms. The van der Waals surface area contributed by atoms with Crippen molar-refractivity contribution in [1.82, 2.24) is 0 Å². The maximum Gasteiger partial charge on any atom is 0.292 e. The third kappa shape index (κ3) is 1.84. The molecule has 0 bridgehead atoms. The van der Waals surface area contributed by atoms with Crippen molar-refractivity contribution in [2.45, 2.75) is 24.2 Å². The van der Waals surface area contributed by atoms with E-state index in [0.29, 0.717) is 0 Å². The molecule has 0 spiro atoms. The lowest BCUT2D eigenvalue weighted by Crippen LogP contribution is -1.97. The Kier molecular flexibility index (Phi) is 2.42.